The van der Waals surface area contributed by atoms with Crippen LogP contribution >= 0.6 is 0 Å². The van der Waals surface area contributed by atoms with Crippen molar-refractivity contribution in [1.29, 1.82) is 0 Å². The third kappa shape index (κ3) is 7.37. The molecule has 0 aliphatic heterocycles. The Morgan fingerprint density at radius 1 is 1.06 bits per heavy atom. The summed E-state index contributed by atoms with van der Waals surface area (Å²) >= 11 is 0. The predicted octanol–water partition coefficient (Wildman–Crippen LogP) is 5.47. The Balaban J connectivity index is 0.00000137. The molecule has 0 saturated heterocycles. The lowest BCUT2D eigenvalue weighted by atomic mass is 9.85. The zero-order valence-corrected chi connectivity index (χ0v) is 13.2. The molecule has 0 aromatic heterocycles. The minimum absolute atomic E-state index is 0.249. The summed E-state index contributed by atoms with van der Waals surface area (Å²) in [5.74, 6) is 1.69. The Morgan fingerprint density at radius 2 is 1.56 bits per heavy atom. The third-order valence-corrected chi connectivity index (χ3v) is 2.61. The zero-order valence-electron chi connectivity index (χ0n) is 13.2. The Kier molecular flexibility index (Phi) is 7.73. The van der Waals surface area contributed by atoms with Gasteiger partial charge >= 0.3 is 0 Å². The van der Waals surface area contributed by atoms with Crippen molar-refractivity contribution in [3.8, 4) is 5.75 Å². The van der Waals surface area contributed by atoms with Crippen molar-refractivity contribution in [2.45, 2.75) is 54.9 Å². The Bertz CT molecular complexity index is 309. The summed E-state index contributed by atoms with van der Waals surface area (Å²) in [6.07, 6.45) is 1.19. The van der Waals surface area contributed by atoms with Gasteiger partial charge in [0.15, 0.2) is 0 Å². The van der Waals surface area contributed by atoms with Gasteiger partial charge in [-0.25, -0.2) is 0 Å². The first-order valence-corrected chi connectivity index (χ1v) is 7.08. The quantitative estimate of drug-likeness (QED) is 0.673. The average molecular weight is 250 g/mol. The molecule has 0 aliphatic rings. The topological polar surface area (TPSA) is 9.23 Å². The van der Waals surface area contributed by atoms with Crippen LogP contribution in [-0.4, -0.2) is 6.61 Å². The highest BCUT2D eigenvalue weighted by atomic mass is 16.5. The van der Waals surface area contributed by atoms with Crippen molar-refractivity contribution in [2.24, 2.45) is 11.3 Å². The van der Waals surface area contributed by atoms with Gasteiger partial charge in [-0.2, -0.15) is 0 Å². The predicted molar refractivity (Wildman–Crippen MR) is 81.3 cm³/mol. The molecular weight excluding hydrogens is 220 g/mol. The molecule has 0 heterocycles. The molecule has 0 amide bonds. The van der Waals surface area contributed by atoms with E-state index >= 15 is 0 Å². The second kappa shape index (κ2) is 8.18. The van der Waals surface area contributed by atoms with Crippen LogP contribution in [0.5, 0.6) is 5.75 Å². The fourth-order valence-electron chi connectivity index (χ4n) is 2.08. The van der Waals surface area contributed by atoms with Crippen LogP contribution in [0.1, 0.15) is 53.5 Å². The van der Waals surface area contributed by atoms with E-state index in [4.69, 9.17) is 4.74 Å². The molecule has 1 aromatic carbocycles. The van der Waals surface area contributed by atoms with Crippen LogP contribution in [0.15, 0.2) is 24.3 Å². The van der Waals surface area contributed by atoms with Gasteiger partial charge in [-0.1, -0.05) is 59.2 Å². The number of hydrogen-bond donors (Lipinski definition) is 0. The highest BCUT2D eigenvalue weighted by Crippen LogP contribution is 2.26. The summed E-state index contributed by atoms with van der Waals surface area (Å²) in [5, 5.41) is 0. The van der Waals surface area contributed by atoms with E-state index in [9.17, 15) is 0 Å². The molecule has 1 rings (SSSR count). The maximum atomic E-state index is 5.83. The summed E-state index contributed by atoms with van der Waals surface area (Å²) in [6.45, 7) is 15.9. The maximum absolute atomic E-state index is 5.83. The van der Waals surface area contributed by atoms with Crippen LogP contribution in [0, 0.1) is 18.3 Å². The Morgan fingerprint density at radius 3 is 2.00 bits per heavy atom. The van der Waals surface area contributed by atoms with Crippen molar-refractivity contribution < 1.29 is 4.74 Å². The van der Waals surface area contributed by atoms with Crippen molar-refractivity contribution in [3.63, 3.8) is 0 Å². The van der Waals surface area contributed by atoms with Gasteiger partial charge in [0.05, 0.1) is 6.61 Å². The van der Waals surface area contributed by atoms with Crippen LogP contribution in [0.4, 0.5) is 0 Å². The molecule has 18 heavy (non-hydrogen) atoms. The van der Waals surface area contributed by atoms with E-state index in [2.05, 4.69) is 46.8 Å². The van der Waals surface area contributed by atoms with Crippen molar-refractivity contribution >= 4 is 0 Å². The monoisotopic (exact) mass is 250 g/mol. The molecule has 0 aliphatic carbocycles. The van der Waals surface area contributed by atoms with Gasteiger partial charge in [0.25, 0.3) is 0 Å². The molecule has 1 aromatic rings. The molecule has 0 unspecified atom stereocenters. The molecule has 0 spiro atoms. The standard InChI is InChI=1S/C15H24O.C2H6/c1-12(2)10-15(4,5)11-16-14-8-6-13(3)7-9-14;1-2/h6-9,12H,10-11H2,1-5H3;1-2H3. The smallest absolute Gasteiger partial charge is 0.119 e. The van der Waals surface area contributed by atoms with Gasteiger partial charge in [0.2, 0.25) is 0 Å². The molecule has 1 heteroatoms. The van der Waals surface area contributed by atoms with Crippen LogP contribution in [0.2, 0.25) is 0 Å². The van der Waals surface area contributed by atoms with Gasteiger partial charge < -0.3 is 4.74 Å². The number of rotatable bonds is 5. The second-order valence-electron chi connectivity index (χ2n) is 5.86. The highest BCUT2D eigenvalue weighted by Gasteiger charge is 2.20. The summed E-state index contributed by atoms with van der Waals surface area (Å²) in [4.78, 5) is 0. The van der Waals surface area contributed by atoms with Crippen molar-refractivity contribution in [2.75, 3.05) is 6.61 Å². The van der Waals surface area contributed by atoms with Gasteiger partial charge in [0, 0.05) is 0 Å². The fraction of sp³-hybridized carbons (Fsp3) is 0.647. The maximum Gasteiger partial charge on any atom is 0.119 e. The third-order valence-electron chi connectivity index (χ3n) is 2.61. The molecule has 0 bridgehead atoms. The summed E-state index contributed by atoms with van der Waals surface area (Å²) < 4.78 is 5.83. The molecule has 104 valence electrons. The van der Waals surface area contributed by atoms with E-state index in [0.717, 1.165) is 18.3 Å². The first-order chi connectivity index (χ1) is 8.39. The minimum atomic E-state index is 0.249. The van der Waals surface area contributed by atoms with Crippen molar-refractivity contribution in [3.05, 3.63) is 29.8 Å². The van der Waals surface area contributed by atoms with Gasteiger partial charge in [-0.15, -0.1) is 0 Å². The van der Waals surface area contributed by atoms with Gasteiger partial charge in [-0.05, 0) is 36.8 Å². The molecule has 0 atom stereocenters. The molecule has 0 radical (unpaired) electrons. The molecule has 1 nitrogen and oxygen atoms in total. The normalized spacial score (nSPS) is 10.9. The van der Waals surface area contributed by atoms with E-state index in [1.54, 1.807) is 0 Å². The summed E-state index contributed by atoms with van der Waals surface area (Å²) in [7, 11) is 0. The molecule has 0 fully saturated rings. The van der Waals surface area contributed by atoms with Crippen LogP contribution in [0.25, 0.3) is 0 Å². The largest absolute Gasteiger partial charge is 0.493 e. The van der Waals surface area contributed by atoms with E-state index in [-0.39, 0.29) is 5.41 Å². The number of benzene rings is 1. The summed E-state index contributed by atoms with van der Waals surface area (Å²) in [5.41, 5.74) is 1.52. The lowest BCUT2D eigenvalue weighted by Gasteiger charge is -2.26. The van der Waals surface area contributed by atoms with Gasteiger partial charge in [-0.3, -0.25) is 0 Å². The van der Waals surface area contributed by atoms with Crippen LogP contribution < -0.4 is 4.74 Å². The van der Waals surface area contributed by atoms with E-state index in [1.807, 2.05) is 26.0 Å². The SMILES string of the molecule is CC.Cc1ccc(OCC(C)(C)CC(C)C)cc1. The zero-order chi connectivity index (χ0) is 14.2. The van der Waals surface area contributed by atoms with Crippen molar-refractivity contribution in [1.82, 2.24) is 0 Å². The first-order valence-electron chi connectivity index (χ1n) is 7.08. The molecule has 0 N–H and O–H groups in total. The summed E-state index contributed by atoms with van der Waals surface area (Å²) in [6, 6.07) is 8.26. The number of hydrogen-bond acceptors (Lipinski definition) is 1. The van der Waals surface area contributed by atoms with E-state index in [1.165, 1.54) is 12.0 Å². The van der Waals surface area contributed by atoms with Gasteiger partial charge in [0.1, 0.15) is 5.75 Å². The number of ether oxygens (including phenoxy) is 1. The molecular formula is C17H30O. The lowest BCUT2D eigenvalue weighted by Crippen LogP contribution is -2.23. The average Bonchev–Trinajstić information content (AvgIpc) is 2.29. The number of aryl methyl sites for hydroxylation is 1. The van der Waals surface area contributed by atoms with E-state index in [0.29, 0.717) is 0 Å². The minimum Gasteiger partial charge on any atom is -0.493 e. The van der Waals surface area contributed by atoms with Crippen LogP contribution in [0.3, 0.4) is 0 Å². The first kappa shape index (κ1) is 17.0. The highest BCUT2D eigenvalue weighted by molar-refractivity contribution is 5.26. The van der Waals surface area contributed by atoms with E-state index < -0.39 is 0 Å². The lowest BCUT2D eigenvalue weighted by molar-refractivity contribution is 0.154. The second-order valence-corrected chi connectivity index (χ2v) is 5.86. The van der Waals surface area contributed by atoms with Crippen LogP contribution in [-0.2, 0) is 0 Å². The Hall–Kier alpha value is -0.980. The fourth-order valence-corrected chi connectivity index (χ4v) is 2.08. The molecule has 0 saturated carbocycles. The Labute approximate surface area is 114 Å².